The van der Waals surface area contributed by atoms with E-state index in [9.17, 15) is 9.90 Å². The van der Waals surface area contributed by atoms with Gasteiger partial charge in [0, 0.05) is 43.9 Å². The van der Waals surface area contributed by atoms with Gasteiger partial charge in [-0.15, -0.1) is 0 Å². The number of hydrogen-bond donors (Lipinski definition) is 5. The highest BCUT2D eigenvalue weighted by molar-refractivity contribution is 5.96. The van der Waals surface area contributed by atoms with Gasteiger partial charge in [0.25, 0.3) is 5.91 Å². The van der Waals surface area contributed by atoms with Crippen LogP contribution in [0.25, 0.3) is 0 Å². The molecule has 2 heterocycles. The molecule has 0 aliphatic carbocycles. The lowest BCUT2D eigenvalue weighted by Gasteiger charge is -2.14. The molecule has 2 rings (SSSR count). The van der Waals surface area contributed by atoms with E-state index in [1.807, 2.05) is 4.90 Å². The van der Waals surface area contributed by atoms with Crippen LogP contribution in [-0.4, -0.2) is 51.8 Å². The van der Waals surface area contributed by atoms with Gasteiger partial charge in [0.1, 0.15) is 5.69 Å². The monoisotopic (exact) mass is 254 g/mol. The van der Waals surface area contributed by atoms with E-state index in [4.69, 9.17) is 16.6 Å². The summed E-state index contributed by atoms with van der Waals surface area (Å²) in [7, 11) is 0. The molecule has 0 radical (unpaired) electrons. The first-order valence-electron chi connectivity index (χ1n) is 5.79. The number of nitrogens with zero attached hydrogens (tertiary/aromatic N) is 1. The number of rotatable bonds is 4. The number of primary amides is 1. The Balaban J connectivity index is 2.05. The van der Waals surface area contributed by atoms with Crippen molar-refractivity contribution >= 4 is 11.6 Å². The number of amides is 1. The maximum Gasteiger partial charge on any atom is 0.267 e. The van der Waals surface area contributed by atoms with Crippen molar-refractivity contribution in [2.75, 3.05) is 25.4 Å². The number of hydrogen-bond acceptors (Lipinski definition) is 5. The second-order valence-electron chi connectivity index (χ2n) is 4.67. The van der Waals surface area contributed by atoms with E-state index in [0.29, 0.717) is 25.3 Å². The van der Waals surface area contributed by atoms with Crippen LogP contribution < -0.4 is 11.5 Å². The molecule has 0 spiro atoms. The normalized spacial score (nSPS) is 24.6. The van der Waals surface area contributed by atoms with Crippen LogP contribution in [0, 0.1) is 5.92 Å². The van der Waals surface area contributed by atoms with E-state index in [1.165, 1.54) is 0 Å². The minimum Gasteiger partial charge on any atom is -0.397 e. The molecule has 1 aromatic rings. The Morgan fingerprint density at radius 1 is 1.56 bits per heavy atom. The smallest absolute Gasteiger partial charge is 0.267 e. The fourth-order valence-electron chi connectivity index (χ4n) is 2.30. The van der Waals surface area contributed by atoms with Gasteiger partial charge in [-0.05, 0) is 0 Å². The Labute approximate surface area is 104 Å². The van der Waals surface area contributed by atoms with E-state index in [-0.39, 0.29) is 18.2 Å². The van der Waals surface area contributed by atoms with Crippen LogP contribution in [0.2, 0.25) is 0 Å². The average molecular weight is 254 g/mol. The predicted molar refractivity (Wildman–Crippen MR) is 65.6 cm³/mol. The summed E-state index contributed by atoms with van der Waals surface area (Å²) in [4.78, 5) is 15.8. The van der Waals surface area contributed by atoms with Crippen molar-refractivity contribution < 1.29 is 15.0 Å². The molecule has 1 fully saturated rings. The molecule has 1 aromatic heterocycles. The summed E-state index contributed by atoms with van der Waals surface area (Å²) in [6.07, 6.45) is 1.12. The van der Waals surface area contributed by atoms with Crippen LogP contribution in [0.1, 0.15) is 16.1 Å². The van der Waals surface area contributed by atoms with Gasteiger partial charge in [-0.2, -0.15) is 0 Å². The van der Waals surface area contributed by atoms with E-state index in [1.54, 1.807) is 6.20 Å². The topological polar surface area (TPSA) is 129 Å². The molecule has 0 saturated carbocycles. The second kappa shape index (κ2) is 4.97. The van der Waals surface area contributed by atoms with Gasteiger partial charge in [-0.25, -0.2) is 0 Å². The third-order valence-electron chi connectivity index (χ3n) is 3.36. The Bertz CT molecular complexity index is 445. The maximum absolute atomic E-state index is 11.0. The van der Waals surface area contributed by atoms with Crippen molar-refractivity contribution in [1.82, 2.24) is 9.88 Å². The molecule has 1 amide bonds. The molecule has 1 aliphatic rings. The van der Waals surface area contributed by atoms with Crippen LogP contribution in [0.15, 0.2) is 6.20 Å². The van der Waals surface area contributed by atoms with Crippen LogP contribution in [0.5, 0.6) is 0 Å². The summed E-state index contributed by atoms with van der Waals surface area (Å²) < 4.78 is 0. The van der Waals surface area contributed by atoms with Gasteiger partial charge < -0.3 is 26.7 Å². The second-order valence-corrected chi connectivity index (χ2v) is 4.67. The van der Waals surface area contributed by atoms with Crippen molar-refractivity contribution in [2.24, 2.45) is 11.7 Å². The average Bonchev–Trinajstić information content (AvgIpc) is 2.84. The minimum atomic E-state index is -0.589. The van der Waals surface area contributed by atoms with E-state index in [2.05, 4.69) is 4.98 Å². The quantitative estimate of drug-likeness (QED) is 0.446. The lowest BCUT2D eigenvalue weighted by Crippen LogP contribution is -2.22. The first-order valence-corrected chi connectivity index (χ1v) is 5.79. The number of nitrogens with one attached hydrogen (secondary N) is 1. The number of carbonyl (C=O) groups is 1. The van der Waals surface area contributed by atoms with Crippen molar-refractivity contribution in [2.45, 2.75) is 12.6 Å². The van der Waals surface area contributed by atoms with E-state index < -0.39 is 12.0 Å². The molecule has 7 heteroatoms. The summed E-state index contributed by atoms with van der Waals surface area (Å²) >= 11 is 0. The number of anilines is 1. The van der Waals surface area contributed by atoms with Gasteiger partial charge in [-0.3, -0.25) is 9.69 Å². The van der Waals surface area contributed by atoms with E-state index >= 15 is 0 Å². The third-order valence-corrected chi connectivity index (χ3v) is 3.36. The summed E-state index contributed by atoms with van der Waals surface area (Å²) in [5.74, 6) is -0.714. The zero-order valence-corrected chi connectivity index (χ0v) is 9.97. The fraction of sp³-hybridized carbons (Fsp3) is 0.545. The Morgan fingerprint density at radius 3 is 2.78 bits per heavy atom. The van der Waals surface area contributed by atoms with Crippen molar-refractivity contribution in [3.05, 3.63) is 17.5 Å². The highest BCUT2D eigenvalue weighted by Gasteiger charge is 2.31. The fourth-order valence-corrected chi connectivity index (χ4v) is 2.30. The highest BCUT2D eigenvalue weighted by atomic mass is 16.3. The number of aliphatic hydroxyl groups is 2. The molecule has 2 atom stereocenters. The largest absolute Gasteiger partial charge is 0.397 e. The number of nitrogens with two attached hydrogens (primary N) is 2. The molecule has 18 heavy (non-hydrogen) atoms. The zero-order valence-electron chi connectivity index (χ0n) is 9.97. The summed E-state index contributed by atoms with van der Waals surface area (Å²) in [6.45, 7) is 1.58. The van der Waals surface area contributed by atoms with Gasteiger partial charge in [-0.1, -0.05) is 0 Å². The lowest BCUT2D eigenvalue weighted by molar-refractivity contribution is 0.0995. The molecule has 1 aliphatic heterocycles. The van der Waals surface area contributed by atoms with Crippen molar-refractivity contribution in [3.8, 4) is 0 Å². The Hall–Kier alpha value is -1.57. The first-order chi connectivity index (χ1) is 8.52. The Morgan fingerprint density at radius 2 is 2.28 bits per heavy atom. The molecular formula is C11H18N4O3. The van der Waals surface area contributed by atoms with Crippen molar-refractivity contribution in [3.63, 3.8) is 0 Å². The van der Waals surface area contributed by atoms with Crippen LogP contribution in [0.3, 0.4) is 0 Å². The number of aromatic amines is 1. The van der Waals surface area contributed by atoms with Crippen LogP contribution in [-0.2, 0) is 6.54 Å². The molecular weight excluding hydrogens is 236 g/mol. The van der Waals surface area contributed by atoms with Crippen LogP contribution in [0.4, 0.5) is 5.69 Å². The highest BCUT2D eigenvalue weighted by Crippen LogP contribution is 2.23. The third kappa shape index (κ3) is 2.33. The maximum atomic E-state index is 11.0. The number of H-pyrrole nitrogens is 1. The van der Waals surface area contributed by atoms with Gasteiger partial charge in [0.05, 0.1) is 11.8 Å². The molecule has 0 bridgehead atoms. The predicted octanol–water partition coefficient (Wildman–Crippen LogP) is -1.52. The number of nitrogen functional groups attached to an aromatic ring is 1. The number of aromatic nitrogens is 1. The number of β-amino-alcohol motifs (C(OH)–C–C–N with tert-alkyl or cyclic N) is 1. The van der Waals surface area contributed by atoms with Gasteiger partial charge in [0.15, 0.2) is 0 Å². The summed E-state index contributed by atoms with van der Waals surface area (Å²) in [5, 5.41) is 18.8. The number of carbonyl (C=O) groups excluding carboxylic acids is 1. The molecule has 7 N–H and O–H groups in total. The standard InChI is InChI=1S/C11H18N4O3/c12-9-6(1-14-10(9)11(13)18)2-15-3-7(5-16)8(17)4-15/h1,7-8,14,16-17H,2-5,12H2,(H2,13,18)/t7-,8+/m1/s1. The molecule has 7 nitrogen and oxygen atoms in total. The number of aliphatic hydroxyl groups excluding tert-OH is 2. The molecule has 1 saturated heterocycles. The van der Waals surface area contributed by atoms with Gasteiger partial charge >= 0.3 is 0 Å². The summed E-state index contributed by atoms with van der Waals surface area (Å²) in [5.41, 5.74) is 12.3. The van der Waals surface area contributed by atoms with Gasteiger partial charge in [0.2, 0.25) is 0 Å². The minimum absolute atomic E-state index is 0.0349. The van der Waals surface area contributed by atoms with E-state index in [0.717, 1.165) is 5.56 Å². The Kier molecular flexibility index (Phi) is 3.55. The van der Waals surface area contributed by atoms with Crippen LogP contribution >= 0.6 is 0 Å². The lowest BCUT2D eigenvalue weighted by atomic mass is 10.1. The first kappa shape index (κ1) is 12.9. The molecule has 0 aromatic carbocycles. The van der Waals surface area contributed by atoms with Crippen molar-refractivity contribution in [1.29, 1.82) is 0 Å². The SMILES string of the molecule is NC(=O)c1[nH]cc(CN2C[C@H](CO)[C@@H](O)C2)c1N. The zero-order chi connectivity index (χ0) is 13.3. The summed E-state index contributed by atoms with van der Waals surface area (Å²) in [6, 6.07) is 0. The number of likely N-dealkylation sites (tertiary alicyclic amines) is 1. The molecule has 0 unspecified atom stereocenters. The molecule has 100 valence electrons.